The summed E-state index contributed by atoms with van der Waals surface area (Å²) in [4.78, 5) is 0. The van der Waals surface area contributed by atoms with Crippen LogP contribution in [0.15, 0.2) is 24.3 Å². The molecule has 1 aromatic rings. The van der Waals surface area contributed by atoms with E-state index in [4.69, 9.17) is 5.26 Å². The minimum atomic E-state index is -3.58. The summed E-state index contributed by atoms with van der Waals surface area (Å²) in [5.41, 5.74) is -0.222. The third kappa shape index (κ3) is 4.60. The molecular formula is C14H20N2O3S. The van der Waals surface area contributed by atoms with Gasteiger partial charge in [0.15, 0.2) is 0 Å². The van der Waals surface area contributed by atoms with Gasteiger partial charge in [-0.15, -0.1) is 0 Å². The fourth-order valence-electron chi connectivity index (χ4n) is 1.76. The van der Waals surface area contributed by atoms with E-state index in [9.17, 15) is 13.5 Å². The molecule has 0 bridgehead atoms. The Morgan fingerprint density at radius 2 is 1.90 bits per heavy atom. The average molecular weight is 296 g/mol. The van der Waals surface area contributed by atoms with Crippen molar-refractivity contribution in [1.82, 2.24) is 4.72 Å². The molecule has 0 aliphatic rings. The third-order valence-corrected chi connectivity index (χ3v) is 4.70. The summed E-state index contributed by atoms with van der Waals surface area (Å²) in [5, 5.41) is 19.0. The average Bonchev–Trinajstić information content (AvgIpc) is 2.45. The largest absolute Gasteiger partial charge is 0.389 e. The van der Waals surface area contributed by atoms with Crippen LogP contribution in [0.5, 0.6) is 0 Å². The van der Waals surface area contributed by atoms with Crippen molar-refractivity contribution in [2.75, 3.05) is 6.54 Å². The monoisotopic (exact) mass is 296 g/mol. The molecule has 2 N–H and O–H groups in total. The second kappa shape index (κ2) is 6.84. The van der Waals surface area contributed by atoms with E-state index < -0.39 is 15.6 Å². The molecule has 0 saturated carbocycles. The molecule has 0 saturated heterocycles. The quantitative estimate of drug-likeness (QED) is 0.798. The Bertz CT molecular complexity index is 587. The normalized spacial score (nSPS) is 12.1. The summed E-state index contributed by atoms with van der Waals surface area (Å²) in [7, 11) is -3.58. The molecule has 0 aliphatic heterocycles. The van der Waals surface area contributed by atoms with Crippen LogP contribution >= 0.6 is 0 Å². The lowest BCUT2D eigenvalue weighted by atomic mass is 9.98. The van der Waals surface area contributed by atoms with Gasteiger partial charge in [-0.05, 0) is 24.5 Å². The Morgan fingerprint density at radius 3 is 2.45 bits per heavy atom. The van der Waals surface area contributed by atoms with Crippen molar-refractivity contribution in [2.24, 2.45) is 0 Å². The molecule has 1 rings (SSSR count). The van der Waals surface area contributed by atoms with E-state index in [2.05, 4.69) is 4.72 Å². The van der Waals surface area contributed by atoms with Gasteiger partial charge in [0.05, 0.1) is 23.0 Å². The summed E-state index contributed by atoms with van der Waals surface area (Å²) in [6, 6.07) is 8.55. The second-order valence-corrected chi connectivity index (χ2v) is 6.59. The van der Waals surface area contributed by atoms with Crippen LogP contribution < -0.4 is 4.72 Å². The van der Waals surface area contributed by atoms with Gasteiger partial charge in [-0.25, -0.2) is 13.1 Å². The SMILES string of the molecule is CCC(O)(CC)CNS(=O)(=O)Cc1ccccc1C#N. The van der Waals surface area contributed by atoms with Crippen LogP contribution in [0, 0.1) is 11.3 Å². The highest BCUT2D eigenvalue weighted by Crippen LogP contribution is 2.15. The first-order chi connectivity index (χ1) is 9.36. The fourth-order valence-corrected chi connectivity index (χ4v) is 3.01. The molecule has 0 heterocycles. The number of nitrogens with zero attached hydrogens (tertiary/aromatic N) is 1. The zero-order chi connectivity index (χ0) is 15.2. The van der Waals surface area contributed by atoms with Crippen molar-refractivity contribution in [1.29, 1.82) is 5.26 Å². The van der Waals surface area contributed by atoms with Crippen LogP contribution in [0.2, 0.25) is 0 Å². The van der Waals surface area contributed by atoms with Gasteiger partial charge < -0.3 is 5.11 Å². The second-order valence-electron chi connectivity index (χ2n) is 4.78. The Hall–Kier alpha value is -1.42. The molecule has 0 spiro atoms. The van der Waals surface area contributed by atoms with Crippen LogP contribution in [-0.4, -0.2) is 25.7 Å². The summed E-state index contributed by atoms with van der Waals surface area (Å²) in [5.74, 6) is -0.264. The molecule has 0 amide bonds. The first kappa shape index (κ1) is 16.6. The van der Waals surface area contributed by atoms with Crippen molar-refractivity contribution in [3.05, 3.63) is 35.4 Å². The van der Waals surface area contributed by atoms with Crippen molar-refractivity contribution in [2.45, 2.75) is 38.0 Å². The third-order valence-electron chi connectivity index (χ3n) is 3.42. The number of hydrogen-bond donors (Lipinski definition) is 2. The fraction of sp³-hybridized carbons (Fsp3) is 0.500. The van der Waals surface area contributed by atoms with Crippen molar-refractivity contribution < 1.29 is 13.5 Å². The number of sulfonamides is 1. The van der Waals surface area contributed by atoms with Crippen LogP contribution in [0.1, 0.15) is 37.8 Å². The molecule has 110 valence electrons. The summed E-state index contributed by atoms with van der Waals surface area (Å²) < 4.78 is 26.4. The van der Waals surface area contributed by atoms with Crippen LogP contribution in [-0.2, 0) is 15.8 Å². The van der Waals surface area contributed by atoms with Crippen LogP contribution in [0.4, 0.5) is 0 Å². The highest BCUT2D eigenvalue weighted by Gasteiger charge is 2.25. The smallest absolute Gasteiger partial charge is 0.215 e. The lowest BCUT2D eigenvalue weighted by Gasteiger charge is -2.25. The standard InChI is InChI=1S/C14H20N2O3S/c1-3-14(17,4-2)11-16-20(18,19)10-13-8-6-5-7-12(13)9-15/h5-8,16-17H,3-4,10-11H2,1-2H3. The number of aliphatic hydroxyl groups is 1. The van der Waals surface area contributed by atoms with Crippen LogP contribution in [0.3, 0.4) is 0 Å². The molecule has 0 aliphatic carbocycles. The summed E-state index contributed by atoms with van der Waals surface area (Å²) in [6.07, 6.45) is 0.946. The highest BCUT2D eigenvalue weighted by molar-refractivity contribution is 7.88. The zero-order valence-corrected chi connectivity index (χ0v) is 12.6. The van der Waals surface area contributed by atoms with Crippen molar-refractivity contribution in [3.8, 4) is 6.07 Å². The van der Waals surface area contributed by atoms with Crippen molar-refractivity contribution >= 4 is 10.0 Å². The molecule has 0 atom stereocenters. The molecule has 0 fully saturated rings. The lowest BCUT2D eigenvalue weighted by Crippen LogP contribution is -2.42. The Balaban J connectivity index is 2.79. The van der Waals surface area contributed by atoms with Gasteiger partial charge in [0, 0.05) is 6.54 Å². The van der Waals surface area contributed by atoms with Crippen molar-refractivity contribution in [3.63, 3.8) is 0 Å². The van der Waals surface area contributed by atoms with E-state index in [1.807, 2.05) is 19.9 Å². The maximum atomic E-state index is 12.0. The first-order valence-corrected chi connectivity index (χ1v) is 8.18. The van der Waals surface area contributed by atoms with E-state index in [-0.39, 0.29) is 12.3 Å². The van der Waals surface area contributed by atoms with Gasteiger partial charge in [0.2, 0.25) is 10.0 Å². The Morgan fingerprint density at radius 1 is 1.30 bits per heavy atom. The topological polar surface area (TPSA) is 90.2 Å². The molecule has 0 radical (unpaired) electrons. The number of nitrogens with one attached hydrogen (secondary N) is 1. The maximum absolute atomic E-state index is 12.0. The molecule has 5 nitrogen and oxygen atoms in total. The van der Waals surface area contributed by atoms with Gasteiger partial charge in [0.1, 0.15) is 0 Å². The molecule has 20 heavy (non-hydrogen) atoms. The minimum absolute atomic E-state index is 0.0168. The van der Waals surface area contributed by atoms with E-state index >= 15 is 0 Å². The van der Waals surface area contributed by atoms with E-state index in [0.29, 0.717) is 24.0 Å². The highest BCUT2D eigenvalue weighted by atomic mass is 32.2. The number of hydrogen-bond acceptors (Lipinski definition) is 4. The molecule has 1 aromatic carbocycles. The first-order valence-electron chi connectivity index (χ1n) is 6.53. The molecule has 6 heteroatoms. The molecule has 0 aromatic heterocycles. The van der Waals surface area contributed by atoms with Crippen LogP contribution in [0.25, 0.3) is 0 Å². The lowest BCUT2D eigenvalue weighted by molar-refractivity contribution is 0.0377. The molecule has 0 unspecified atom stereocenters. The van der Waals surface area contributed by atoms with Gasteiger partial charge >= 0.3 is 0 Å². The summed E-state index contributed by atoms with van der Waals surface area (Å²) in [6.45, 7) is 3.60. The van der Waals surface area contributed by atoms with Gasteiger partial charge in [0.25, 0.3) is 0 Å². The predicted molar refractivity (Wildman–Crippen MR) is 77.3 cm³/mol. The maximum Gasteiger partial charge on any atom is 0.215 e. The Kier molecular flexibility index (Phi) is 5.69. The number of rotatable bonds is 7. The number of nitriles is 1. The zero-order valence-electron chi connectivity index (χ0n) is 11.8. The number of benzene rings is 1. The Labute approximate surface area is 120 Å². The summed E-state index contributed by atoms with van der Waals surface area (Å²) >= 11 is 0. The van der Waals surface area contributed by atoms with Gasteiger partial charge in [-0.1, -0.05) is 32.0 Å². The predicted octanol–water partition coefficient (Wildman–Crippen LogP) is 1.53. The minimum Gasteiger partial charge on any atom is -0.389 e. The van der Waals surface area contributed by atoms with E-state index in [1.165, 1.54) is 0 Å². The van der Waals surface area contributed by atoms with E-state index in [1.54, 1.807) is 24.3 Å². The molecular weight excluding hydrogens is 276 g/mol. The van der Waals surface area contributed by atoms with E-state index in [0.717, 1.165) is 0 Å². The van der Waals surface area contributed by atoms with Gasteiger partial charge in [-0.3, -0.25) is 0 Å². The van der Waals surface area contributed by atoms with Gasteiger partial charge in [-0.2, -0.15) is 5.26 Å².